The molecule has 94 valence electrons. The second kappa shape index (κ2) is 6.40. The van der Waals surface area contributed by atoms with Gasteiger partial charge in [0.25, 0.3) is 0 Å². The third kappa shape index (κ3) is 3.86. The van der Waals surface area contributed by atoms with Crippen molar-refractivity contribution >= 4 is 5.78 Å². The quantitative estimate of drug-likeness (QED) is 0.721. The van der Waals surface area contributed by atoms with E-state index in [0.717, 1.165) is 18.6 Å². The molecule has 0 spiro atoms. The normalized spacial score (nSPS) is 24.6. The van der Waals surface area contributed by atoms with Crippen molar-refractivity contribution in [3.05, 3.63) is 36.1 Å². The van der Waals surface area contributed by atoms with Crippen LogP contribution in [0.5, 0.6) is 0 Å². The van der Waals surface area contributed by atoms with Gasteiger partial charge in [0, 0.05) is 19.1 Å². The summed E-state index contributed by atoms with van der Waals surface area (Å²) in [6.45, 7) is 3.96. The zero-order chi connectivity index (χ0) is 12.7. The van der Waals surface area contributed by atoms with Gasteiger partial charge in [0.05, 0.1) is 0 Å². The van der Waals surface area contributed by atoms with Crippen molar-refractivity contribution in [3.63, 3.8) is 0 Å². The van der Waals surface area contributed by atoms with Gasteiger partial charge in [0.1, 0.15) is 5.76 Å². The molecule has 3 nitrogen and oxygen atoms in total. The van der Waals surface area contributed by atoms with E-state index in [0.29, 0.717) is 6.42 Å². The minimum absolute atomic E-state index is 0.00671. The van der Waals surface area contributed by atoms with Crippen LogP contribution in [-0.2, 0) is 9.53 Å². The number of hydrogen-bond donors (Lipinski definition) is 1. The summed E-state index contributed by atoms with van der Waals surface area (Å²) in [6.07, 6.45) is 11.2. The highest BCUT2D eigenvalue weighted by molar-refractivity contribution is 6.00. The molecule has 0 radical (unpaired) electrons. The molecule has 1 rings (SSSR count). The summed E-state index contributed by atoms with van der Waals surface area (Å²) in [5, 5.41) is 8.60. The van der Waals surface area contributed by atoms with Gasteiger partial charge >= 0.3 is 0 Å². The SMILES string of the molecule is CCCC1=CC(=O)[C@](C)(/C=C/C=C/CCO)O1. The van der Waals surface area contributed by atoms with Crippen LogP contribution in [0.25, 0.3) is 0 Å². The Morgan fingerprint density at radius 2 is 2.24 bits per heavy atom. The number of hydrogen-bond acceptors (Lipinski definition) is 3. The third-order valence-corrected chi connectivity index (χ3v) is 2.58. The van der Waals surface area contributed by atoms with Crippen LogP contribution in [0.1, 0.15) is 33.1 Å². The van der Waals surface area contributed by atoms with Crippen molar-refractivity contribution in [1.29, 1.82) is 0 Å². The minimum Gasteiger partial charge on any atom is -0.479 e. The molecular formula is C14H20O3. The number of carbonyl (C=O) groups excluding carboxylic acids is 1. The molecule has 1 aliphatic heterocycles. The molecule has 0 aromatic rings. The van der Waals surface area contributed by atoms with Crippen LogP contribution in [0.15, 0.2) is 36.1 Å². The Balaban J connectivity index is 2.57. The number of rotatable bonds is 6. The Morgan fingerprint density at radius 1 is 1.47 bits per heavy atom. The number of ether oxygens (including phenoxy) is 1. The average molecular weight is 236 g/mol. The van der Waals surface area contributed by atoms with Crippen molar-refractivity contribution in [1.82, 2.24) is 0 Å². The van der Waals surface area contributed by atoms with E-state index in [1.165, 1.54) is 0 Å². The summed E-state index contributed by atoms with van der Waals surface area (Å²) >= 11 is 0. The van der Waals surface area contributed by atoms with Crippen molar-refractivity contribution in [3.8, 4) is 0 Å². The van der Waals surface area contributed by atoms with E-state index in [1.807, 2.05) is 12.2 Å². The van der Waals surface area contributed by atoms with Gasteiger partial charge < -0.3 is 9.84 Å². The van der Waals surface area contributed by atoms with Gasteiger partial charge in [-0.3, -0.25) is 4.79 Å². The van der Waals surface area contributed by atoms with E-state index in [4.69, 9.17) is 9.84 Å². The molecular weight excluding hydrogens is 216 g/mol. The first-order chi connectivity index (χ1) is 8.12. The number of aliphatic hydroxyl groups excluding tert-OH is 1. The summed E-state index contributed by atoms with van der Waals surface area (Å²) < 4.78 is 5.65. The third-order valence-electron chi connectivity index (χ3n) is 2.58. The van der Waals surface area contributed by atoms with Crippen LogP contribution < -0.4 is 0 Å². The molecule has 0 amide bonds. The molecule has 1 N–H and O–H groups in total. The van der Waals surface area contributed by atoms with Crippen LogP contribution in [-0.4, -0.2) is 23.1 Å². The van der Waals surface area contributed by atoms with Crippen molar-refractivity contribution in [2.75, 3.05) is 6.61 Å². The van der Waals surface area contributed by atoms with Crippen LogP contribution in [0, 0.1) is 0 Å². The second-order valence-electron chi connectivity index (χ2n) is 4.23. The molecule has 0 aromatic carbocycles. The fourth-order valence-electron chi connectivity index (χ4n) is 1.62. The zero-order valence-electron chi connectivity index (χ0n) is 10.5. The van der Waals surface area contributed by atoms with Crippen LogP contribution in [0.2, 0.25) is 0 Å². The van der Waals surface area contributed by atoms with Gasteiger partial charge in [-0.05, 0) is 25.8 Å². The maximum absolute atomic E-state index is 11.8. The smallest absolute Gasteiger partial charge is 0.206 e. The fraction of sp³-hybridized carbons (Fsp3) is 0.500. The first kappa shape index (κ1) is 13.7. The molecule has 1 atom stereocenters. The number of ketones is 1. The van der Waals surface area contributed by atoms with Crippen LogP contribution >= 0.6 is 0 Å². The first-order valence-electron chi connectivity index (χ1n) is 6.01. The summed E-state index contributed by atoms with van der Waals surface area (Å²) in [7, 11) is 0. The standard InChI is InChI=1S/C14H20O3/c1-3-8-12-11-13(16)14(2,17-12)9-6-4-5-7-10-15/h4-6,9,11,15H,3,7-8,10H2,1-2H3/b5-4+,9-6+/t14-/m0/s1. The van der Waals surface area contributed by atoms with Gasteiger partial charge in [-0.1, -0.05) is 25.2 Å². The molecule has 0 saturated heterocycles. The first-order valence-corrected chi connectivity index (χ1v) is 6.01. The van der Waals surface area contributed by atoms with Gasteiger partial charge in [-0.2, -0.15) is 0 Å². The molecule has 0 bridgehead atoms. The number of carbonyl (C=O) groups is 1. The Bertz CT molecular complexity index is 352. The lowest BCUT2D eigenvalue weighted by Crippen LogP contribution is -2.29. The van der Waals surface area contributed by atoms with Gasteiger partial charge in [-0.25, -0.2) is 0 Å². The van der Waals surface area contributed by atoms with Gasteiger partial charge in [0.2, 0.25) is 5.78 Å². The van der Waals surface area contributed by atoms with Gasteiger partial charge in [0.15, 0.2) is 5.60 Å². The number of aliphatic hydroxyl groups is 1. The highest BCUT2D eigenvalue weighted by Gasteiger charge is 2.36. The highest BCUT2D eigenvalue weighted by atomic mass is 16.5. The Kier molecular flexibility index (Phi) is 5.16. The van der Waals surface area contributed by atoms with E-state index in [1.54, 1.807) is 25.2 Å². The second-order valence-corrected chi connectivity index (χ2v) is 4.23. The van der Waals surface area contributed by atoms with E-state index in [2.05, 4.69) is 6.92 Å². The van der Waals surface area contributed by atoms with Gasteiger partial charge in [-0.15, -0.1) is 0 Å². The molecule has 0 aliphatic carbocycles. The molecule has 1 aliphatic rings. The Morgan fingerprint density at radius 3 is 2.88 bits per heavy atom. The summed E-state index contributed by atoms with van der Waals surface area (Å²) in [5.41, 5.74) is -0.853. The maximum Gasteiger partial charge on any atom is 0.206 e. The van der Waals surface area contributed by atoms with E-state index in [9.17, 15) is 4.79 Å². The number of allylic oxidation sites excluding steroid dienone is 3. The van der Waals surface area contributed by atoms with Crippen molar-refractivity contribution in [2.45, 2.75) is 38.7 Å². The maximum atomic E-state index is 11.8. The fourth-order valence-corrected chi connectivity index (χ4v) is 1.62. The molecule has 0 fully saturated rings. The van der Waals surface area contributed by atoms with Crippen LogP contribution in [0.3, 0.4) is 0 Å². The van der Waals surface area contributed by atoms with Crippen LogP contribution in [0.4, 0.5) is 0 Å². The Labute approximate surface area is 102 Å². The monoisotopic (exact) mass is 236 g/mol. The predicted octanol–water partition coefficient (Wildman–Crippen LogP) is 2.52. The van der Waals surface area contributed by atoms with Crippen molar-refractivity contribution < 1.29 is 14.6 Å². The molecule has 0 saturated carbocycles. The predicted molar refractivity (Wildman–Crippen MR) is 67.5 cm³/mol. The summed E-state index contributed by atoms with van der Waals surface area (Å²) in [6, 6.07) is 0. The van der Waals surface area contributed by atoms with E-state index >= 15 is 0 Å². The lowest BCUT2D eigenvalue weighted by Gasteiger charge is -2.19. The molecule has 17 heavy (non-hydrogen) atoms. The lowest BCUT2D eigenvalue weighted by atomic mass is 10.0. The molecule has 0 unspecified atom stereocenters. The highest BCUT2D eigenvalue weighted by Crippen LogP contribution is 2.28. The molecule has 3 heteroatoms. The average Bonchev–Trinajstić information content (AvgIpc) is 2.55. The van der Waals surface area contributed by atoms with Crippen molar-refractivity contribution in [2.24, 2.45) is 0 Å². The lowest BCUT2D eigenvalue weighted by molar-refractivity contribution is -0.124. The Hall–Kier alpha value is -1.35. The van der Waals surface area contributed by atoms with E-state index < -0.39 is 5.60 Å². The molecule has 0 aromatic heterocycles. The topological polar surface area (TPSA) is 46.5 Å². The largest absolute Gasteiger partial charge is 0.479 e. The zero-order valence-corrected chi connectivity index (χ0v) is 10.5. The summed E-state index contributed by atoms with van der Waals surface area (Å²) in [4.78, 5) is 11.8. The summed E-state index contributed by atoms with van der Waals surface area (Å²) in [5.74, 6) is 0.761. The van der Waals surface area contributed by atoms with E-state index in [-0.39, 0.29) is 12.4 Å². The minimum atomic E-state index is -0.853. The molecule has 1 heterocycles.